The molecule has 4 heteroatoms. The van der Waals surface area contributed by atoms with E-state index in [1.54, 1.807) is 11.3 Å². The molecule has 1 heterocycles. The third kappa shape index (κ3) is 1.73. The van der Waals surface area contributed by atoms with E-state index in [0.29, 0.717) is 0 Å². The maximum Gasteiger partial charge on any atom is 0.0696 e. The molecule has 0 aliphatic carbocycles. The molecular weight excluding hydrogens is 410 g/mol. The van der Waals surface area contributed by atoms with Crippen LogP contribution in [0, 0.1) is 7.14 Å². The molecule has 0 amide bonds. The highest BCUT2D eigenvalue weighted by Gasteiger charge is 2.07. The first kappa shape index (κ1) is 10.1. The van der Waals surface area contributed by atoms with Gasteiger partial charge in [-0.1, -0.05) is 6.07 Å². The zero-order valence-electron chi connectivity index (χ0n) is 6.55. The summed E-state index contributed by atoms with van der Waals surface area (Å²) in [5.41, 5.74) is 1.04. The van der Waals surface area contributed by atoms with Gasteiger partial charge in [-0.05, 0) is 67.6 Å². The minimum Gasteiger partial charge on any atom is -0.392 e. The summed E-state index contributed by atoms with van der Waals surface area (Å²) in [7, 11) is 0. The van der Waals surface area contributed by atoms with E-state index in [4.69, 9.17) is 5.11 Å². The molecule has 0 spiro atoms. The van der Waals surface area contributed by atoms with Gasteiger partial charge in [0.2, 0.25) is 0 Å². The molecule has 0 radical (unpaired) electrons. The van der Waals surface area contributed by atoms with Crippen LogP contribution >= 0.6 is 56.5 Å². The number of thiophene rings is 1. The van der Waals surface area contributed by atoms with Gasteiger partial charge in [0, 0.05) is 11.8 Å². The molecule has 1 aromatic heterocycles. The standard InChI is InChI=1S/C9H6I2OS/c10-7-2-1-6-5(3-12)4-13-9(6)8(7)11/h1-2,4,12H,3H2. The van der Waals surface area contributed by atoms with Crippen molar-refractivity contribution >= 4 is 66.6 Å². The lowest BCUT2D eigenvalue weighted by atomic mass is 10.2. The molecule has 0 aliphatic rings. The first-order chi connectivity index (χ1) is 6.24. The Morgan fingerprint density at radius 1 is 1.31 bits per heavy atom. The molecule has 0 atom stereocenters. The van der Waals surface area contributed by atoms with E-state index in [1.165, 1.54) is 17.2 Å². The maximum absolute atomic E-state index is 9.09. The fourth-order valence-corrected chi connectivity index (χ4v) is 3.70. The van der Waals surface area contributed by atoms with Gasteiger partial charge in [-0.25, -0.2) is 0 Å². The second-order valence-corrected chi connectivity index (χ2v) is 5.78. The minimum absolute atomic E-state index is 0.136. The van der Waals surface area contributed by atoms with E-state index < -0.39 is 0 Å². The number of aliphatic hydroxyl groups excluding tert-OH is 1. The van der Waals surface area contributed by atoms with Crippen molar-refractivity contribution in [3.05, 3.63) is 30.2 Å². The molecule has 1 N–H and O–H groups in total. The van der Waals surface area contributed by atoms with Crippen LogP contribution in [-0.4, -0.2) is 5.11 Å². The Kier molecular flexibility index (Phi) is 3.11. The van der Waals surface area contributed by atoms with Crippen LogP contribution in [0.4, 0.5) is 0 Å². The number of rotatable bonds is 1. The SMILES string of the molecule is OCc1csc2c(I)c(I)ccc12. The monoisotopic (exact) mass is 416 g/mol. The van der Waals surface area contributed by atoms with Gasteiger partial charge in [0.05, 0.1) is 6.61 Å². The van der Waals surface area contributed by atoms with E-state index in [9.17, 15) is 0 Å². The summed E-state index contributed by atoms with van der Waals surface area (Å²) < 4.78 is 3.86. The summed E-state index contributed by atoms with van der Waals surface area (Å²) in [6.45, 7) is 0.136. The van der Waals surface area contributed by atoms with E-state index >= 15 is 0 Å². The molecule has 2 rings (SSSR count). The van der Waals surface area contributed by atoms with Crippen molar-refractivity contribution in [1.82, 2.24) is 0 Å². The van der Waals surface area contributed by atoms with Crippen molar-refractivity contribution < 1.29 is 5.11 Å². The molecule has 1 nitrogen and oxygen atoms in total. The Balaban J connectivity index is 2.81. The largest absolute Gasteiger partial charge is 0.392 e. The van der Waals surface area contributed by atoms with Crippen LogP contribution in [0.1, 0.15) is 5.56 Å². The molecule has 0 unspecified atom stereocenters. The fraction of sp³-hybridized carbons (Fsp3) is 0.111. The number of benzene rings is 1. The number of halogens is 2. The van der Waals surface area contributed by atoms with Crippen LogP contribution in [0.2, 0.25) is 0 Å². The van der Waals surface area contributed by atoms with Crippen molar-refractivity contribution in [3.63, 3.8) is 0 Å². The molecule has 0 fully saturated rings. The molecule has 68 valence electrons. The highest BCUT2D eigenvalue weighted by molar-refractivity contribution is 14.1. The highest BCUT2D eigenvalue weighted by atomic mass is 127. The zero-order chi connectivity index (χ0) is 9.42. The van der Waals surface area contributed by atoms with Crippen LogP contribution in [0.15, 0.2) is 17.5 Å². The van der Waals surface area contributed by atoms with Gasteiger partial charge in [-0.2, -0.15) is 0 Å². The van der Waals surface area contributed by atoms with Crippen molar-refractivity contribution in [2.24, 2.45) is 0 Å². The molecule has 1 aromatic carbocycles. The Bertz CT molecular complexity index is 450. The first-order valence-corrected chi connectivity index (χ1v) is 6.72. The lowest BCUT2D eigenvalue weighted by molar-refractivity contribution is 0.284. The molecule has 0 aliphatic heterocycles. The van der Waals surface area contributed by atoms with Gasteiger partial charge in [-0.3, -0.25) is 0 Å². The summed E-state index contributed by atoms with van der Waals surface area (Å²) in [6.07, 6.45) is 0. The van der Waals surface area contributed by atoms with Crippen LogP contribution < -0.4 is 0 Å². The van der Waals surface area contributed by atoms with Crippen molar-refractivity contribution in [1.29, 1.82) is 0 Å². The lowest BCUT2D eigenvalue weighted by Gasteiger charge is -1.98. The van der Waals surface area contributed by atoms with Crippen LogP contribution in [0.25, 0.3) is 10.1 Å². The Hall–Kier alpha value is 0.600. The molecule has 2 aromatic rings. The molecule has 0 saturated heterocycles. The molecule has 0 bridgehead atoms. The average Bonchev–Trinajstić information content (AvgIpc) is 2.55. The second kappa shape index (κ2) is 4.00. The predicted molar refractivity (Wildman–Crippen MR) is 73.2 cm³/mol. The highest BCUT2D eigenvalue weighted by Crippen LogP contribution is 2.32. The average molecular weight is 416 g/mol. The smallest absolute Gasteiger partial charge is 0.0696 e. The van der Waals surface area contributed by atoms with Gasteiger partial charge in [0.1, 0.15) is 0 Å². The number of fused-ring (bicyclic) bond motifs is 1. The van der Waals surface area contributed by atoms with Crippen LogP contribution in [0.5, 0.6) is 0 Å². The second-order valence-electron chi connectivity index (χ2n) is 2.66. The van der Waals surface area contributed by atoms with Gasteiger partial charge in [0.25, 0.3) is 0 Å². The van der Waals surface area contributed by atoms with Crippen molar-refractivity contribution in [3.8, 4) is 0 Å². The molecule has 0 saturated carbocycles. The van der Waals surface area contributed by atoms with E-state index in [2.05, 4.69) is 57.3 Å². The molecule has 13 heavy (non-hydrogen) atoms. The summed E-state index contributed by atoms with van der Waals surface area (Å²) in [5, 5.41) is 12.3. The van der Waals surface area contributed by atoms with Gasteiger partial charge in [-0.15, -0.1) is 11.3 Å². The lowest BCUT2D eigenvalue weighted by Crippen LogP contribution is -1.82. The van der Waals surface area contributed by atoms with Gasteiger partial charge >= 0.3 is 0 Å². The number of aliphatic hydroxyl groups is 1. The number of hydrogen-bond acceptors (Lipinski definition) is 2. The van der Waals surface area contributed by atoms with Crippen LogP contribution in [0.3, 0.4) is 0 Å². The predicted octanol–water partition coefficient (Wildman–Crippen LogP) is 3.60. The minimum atomic E-state index is 0.136. The van der Waals surface area contributed by atoms with Gasteiger partial charge in [0.15, 0.2) is 0 Å². The Morgan fingerprint density at radius 2 is 2.08 bits per heavy atom. The third-order valence-corrected chi connectivity index (χ3v) is 6.36. The summed E-state index contributed by atoms with van der Waals surface area (Å²) >= 11 is 6.39. The van der Waals surface area contributed by atoms with E-state index in [0.717, 1.165) is 5.56 Å². The normalized spacial score (nSPS) is 11.0. The quantitative estimate of drug-likeness (QED) is 0.705. The zero-order valence-corrected chi connectivity index (χ0v) is 11.7. The topological polar surface area (TPSA) is 20.2 Å². The Labute approximate surface area is 107 Å². The van der Waals surface area contributed by atoms with Crippen molar-refractivity contribution in [2.75, 3.05) is 0 Å². The Morgan fingerprint density at radius 3 is 2.77 bits per heavy atom. The first-order valence-electron chi connectivity index (χ1n) is 3.69. The number of hydrogen-bond donors (Lipinski definition) is 1. The van der Waals surface area contributed by atoms with E-state index in [1.807, 2.05) is 5.38 Å². The summed E-state index contributed by atoms with van der Waals surface area (Å²) in [4.78, 5) is 0. The summed E-state index contributed by atoms with van der Waals surface area (Å²) in [5.74, 6) is 0. The van der Waals surface area contributed by atoms with Crippen molar-refractivity contribution in [2.45, 2.75) is 6.61 Å². The van der Waals surface area contributed by atoms with Gasteiger partial charge < -0.3 is 5.11 Å². The summed E-state index contributed by atoms with van der Waals surface area (Å²) in [6, 6.07) is 4.18. The van der Waals surface area contributed by atoms with E-state index in [-0.39, 0.29) is 6.61 Å². The van der Waals surface area contributed by atoms with Crippen LogP contribution in [-0.2, 0) is 6.61 Å². The third-order valence-electron chi connectivity index (χ3n) is 1.89. The maximum atomic E-state index is 9.09. The molecular formula is C9H6I2OS. The fourth-order valence-electron chi connectivity index (χ4n) is 1.22.